The summed E-state index contributed by atoms with van der Waals surface area (Å²) >= 11 is 0. The molecule has 0 aliphatic carbocycles. The van der Waals surface area contributed by atoms with Crippen LogP contribution in [0.5, 0.6) is 0 Å². The Morgan fingerprint density at radius 1 is 1.32 bits per heavy atom. The lowest BCUT2D eigenvalue weighted by atomic mass is 10.1. The van der Waals surface area contributed by atoms with Crippen LogP contribution in [0.2, 0.25) is 0 Å². The van der Waals surface area contributed by atoms with E-state index in [1.54, 1.807) is 4.90 Å². The van der Waals surface area contributed by atoms with E-state index < -0.39 is 0 Å². The average molecular weight is 340 g/mol. The average Bonchev–Trinajstić information content (AvgIpc) is 3.29. The number of fused-ring (bicyclic) bond motifs is 1. The van der Waals surface area contributed by atoms with Crippen molar-refractivity contribution in [2.75, 3.05) is 19.8 Å². The molecule has 0 saturated carbocycles. The second-order valence-electron chi connectivity index (χ2n) is 6.50. The molecule has 1 aliphatic heterocycles. The van der Waals surface area contributed by atoms with Crippen LogP contribution in [0.3, 0.4) is 0 Å². The molecule has 1 aromatic carbocycles. The van der Waals surface area contributed by atoms with Crippen molar-refractivity contribution in [1.82, 2.24) is 20.1 Å². The number of rotatable bonds is 3. The van der Waals surface area contributed by atoms with Gasteiger partial charge in [-0.15, -0.1) is 10.2 Å². The first-order valence-electron chi connectivity index (χ1n) is 8.42. The lowest BCUT2D eigenvalue weighted by Gasteiger charge is -2.33. The van der Waals surface area contributed by atoms with Gasteiger partial charge in [-0.25, -0.2) is 0 Å². The second-order valence-corrected chi connectivity index (χ2v) is 6.50. The molecule has 7 heteroatoms. The lowest BCUT2D eigenvalue weighted by Crippen LogP contribution is -2.43. The van der Waals surface area contributed by atoms with E-state index in [0.29, 0.717) is 37.1 Å². The summed E-state index contributed by atoms with van der Waals surface area (Å²) in [5.41, 5.74) is 1.65. The van der Waals surface area contributed by atoms with Crippen molar-refractivity contribution in [3.05, 3.63) is 47.8 Å². The fraction of sp³-hybridized carbons (Fsp3) is 0.389. The number of benzene rings is 1. The summed E-state index contributed by atoms with van der Waals surface area (Å²) in [6, 6.07) is 7.25. The number of nitrogens with zero attached hydrogens (tertiary/aromatic N) is 3. The highest BCUT2D eigenvalue weighted by Gasteiger charge is 2.33. The number of carbonyl (C=O) groups excluding carboxylic acids is 1. The topological polar surface area (TPSA) is 84.3 Å². The van der Waals surface area contributed by atoms with Gasteiger partial charge in [-0.05, 0) is 24.3 Å². The summed E-state index contributed by atoms with van der Waals surface area (Å²) in [6.45, 7) is 5.33. The number of amides is 1. The fourth-order valence-corrected chi connectivity index (χ4v) is 3.02. The maximum Gasteiger partial charge on any atom is 0.254 e. The molecule has 25 heavy (non-hydrogen) atoms. The number of hydrogen-bond donors (Lipinski definition) is 1. The van der Waals surface area contributed by atoms with E-state index in [9.17, 15) is 4.79 Å². The zero-order chi connectivity index (χ0) is 17.4. The summed E-state index contributed by atoms with van der Waals surface area (Å²) in [5, 5.41) is 9.22. The molecule has 130 valence electrons. The van der Waals surface area contributed by atoms with Crippen LogP contribution in [0.4, 0.5) is 0 Å². The summed E-state index contributed by atoms with van der Waals surface area (Å²) in [5.74, 6) is 1.09. The number of aromatic amines is 1. The predicted octanol–water partition coefficient (Wildman–Crippen LogP) is 2.89. The smallest absolute Gasteiger partial charge is 0.254 e. The molecule has 0 unspecified atom stereocenters. The minimum Gasteiger partial charge on any atom is -0.423 e. The molecule has 1 atom stereocenters. The van der Waals surface area contributed by atoms with E-state index >= 15 is 0 Å². The van der Waals surface area contributed by atoms with Crippen molar-refractivity contribution < 1.29 is 13.9 Å². The normalized spacial score (nSPS) is 18.2. The number of carbonyl (C=O) groups is 1. The van der Waals surface area contributed by atoms with Crippen LogP contribution >= 0.6 is 0 Å². The van der Waals surface area contributed by atoms with Crippen LogP contribution in [0.1, 0.15) is 47.9 Å². The Bertz CT molecular complexity index is 899. The number of nitrogens with one attached hydrogen (secondary N) is 1. The third kappa shape index (κ3) is 2.91. The predicted molar refractivity (Wildman–Crippen MR) is 91.3 cm³/mol. The monoisotopic (exact) mass is 340 g/mol. The highest BCUT2D eigenvalue weighted by molar-refractivity contribution is 5.98. The fourth-order valence-electron chi connectivity index (χ4n) is 3.02. The summed E-state index contributed by atoms with van der Waals surface area (Å²) < 4.78 is 11.3. The van der Waals surface area contributed by atoms with E-state index in [0.717, 1.165) is 10.9 Å². The molecule has 0 spiro atoms. The van der Waals surface area contributed by atoms with E-state index in [2.05, 4.69) is 15.2 Å². The maximum atomic E-state index is 13.1. The van der Waals surface area contributed by atoms with Gasteiger partial charge < -0.3 is 19.0 Å². The summed E-state index contributed by atoms with van der Waals surface area (Å²) in [4.78, 5) is 18.0. The first-order chi connectivity index (χ1) is 12.1. The van der Waals surface area contributed by atoms with E-state index in [1.165, 1.54) is 0 Å². The molecular weight excluding hydrogens is 320 g/mol. The van der Waals surface area contributed by atoms with E-state index in [4.69, 9.17) is 9.15 Å². The zero-order valence-corrected chi connectivity index (χ0v) is 14.2. The second kappa shape index (κ2) is 6.33. The van der Waals surface area contributed by atoms with E-state index in [1.807, 2.05) is 44.3 Å². The van der Waals surface area contributed by atoms with Gasteiger partial charge >= 0.3 is 0 Å². The van der Waals surface area contributed by atoms with Gasteiger partial charge in [0, 0.05) is 35.1 Å². The van der Waals surface area contributed by atoms with Gasteiger partial charge in [0.05, 0.1) is 13.2 Å². The van der Waals surface area contributed by atoms with Crippen LogP contribution in [0.15, 0.2) is 34.9 Å². The molecule has 1 amide bonds. The molecule has 1 aliphatic rings. The maximum absolute atomic E-state index is 13.1. The molecule has 2 aromatic heterocycles. The number of aromatic nitrogens is 3. The first kappa shape index (κ1) is 15.8. The molecule has 0 radical (unpaired) electrons. The number of morpholine rings is 1. The third-order valence-corrected chi connectivity index (χ3v) is 4.42. The Hall–Kier alpha value is -2.67. The van der Waals surface area contributed by atoms with Crippen LogP contribution < -0.4 is 0 Å². The van der Waals surface area contributed by atoms with Crippen molar-refractivity contribution in [3.8, 4) is 0 Å². The Morgan fingerprint density at radius 3 is 3.00 bits per heavy atom. The van der Waals surface area contributed by atoms with E-state index in [-0.39, 0.29) is 17.9 Å². The Kier molecular flexibility index (Phi) is 4.01. The molecule has 0 bridgehead atoms. The minimum absolute atomic E-state index is 0.0549. The number of ether oxygens (including phenoxy) is 1. The molecule has 4 rings (SSSR count). The summed E-state index contributed by atoms with van der Waals surface area (Å²) in [7, 11) is 0. The van der Waals surface area contributed by atoms with Gasteiger partial charge in [0.25, 0.3) is 5.91 Å². The Balaban J connectivity index is 1.64. The van der Waals surface area contributed by atoms with Gasteiger partial charge in [-0.1, -0.05) is 13.8 Å². The molecule has 1 N–H and O–H groups in total. The Morgan fingerprint density at radius 2 is 2.20 bits per heavy atom. The highest BCUT2D eigenvalue weighted by Crippen LogP contribution is 2.27. The van der Waals surface area contributed by atoms with Crippen LogP contribution in [0.25, 0.3) is 10.9 Å². The van der Waals surface area contributed by atoms with Crippen molar-refractivity contribution in [2.45, 2.75) is 25.8 Å². The number of hydrogen-bond acceptors (Lipinski definition) is 5. The molecule has 1 saturated heterocycles. The van der Waals surface area contributed by atoms with Crippen molar-refractivity contribution in [3.63, 3.8) is 0 Å². The summed E-state index contributed by atoms with van der Waals surface area (Å²) in [6.07, 6.45) is 1.86. The molecular formula is C18H20N4O3. The first-order valence-corrected chi connectivity index (χ1v) is 8.42. The van der Waals surface area contributed by atoms with Crippen molar-refractivity contribution >= 4 is 16.8 Å². The molecule has 1 fully saturated rings. The lowest BCUT2D eigenvalue weighted by molar-refractivity contribution is -0.0107. The van der Waals surface area contributed by atoms with Crippen molar-refractivity contribution in [1.29, 1.82) is 0 Å². The Labute approximate surface area is 145 Å². The molecule has 7 nitrogen and oxygen atoms in total. The highest BCUT2D eigenvalue weighted by atomic mass is 16.5. The standard InChI is InChI=1S/C18H20N4O3/c1-11(2)16-20-21-17(25-16)15-10-24-8-7-22(15)18(23)13-3-4-14-12(9-13)5-6-19-14/h3-6,9,11,15,19H,7-8,10H2,1-2H3/t15-/m0/s1. The largest absolute Gasteiger partial charge is 0.423 e. The van der Waals surface area contributed by atoms with Gasteiger partial charge in [-0.2, -0.15) is 0 Å². The van der Waals surface area contributed by atoms with Gasteiger partial charge in [-0.3, -0.25) is 4.79 Å². The SMILES string of the molecule is CC(C)c1nnc([C@@H]2COCCN2C(=O)c2ccc3[nH]ccc3c2)o1. The van der Waals surface area contributed by atoms with Gasteiger partial charge in [0.1, 0.15) is 6.04 Å². The van der Waals surface area contributed by atoms with Crippen molar-refractivity contribution in [2.24, 2.45) is 0 Å². The zero-order valence-electron chi connectivity index (χ0n) is 14.2. The van der Waals surface area contributed by atoms with Gasteiger partial charge in [0.2, 0.25) is 11.8 Å². The molecule has 3 heterocycles. The van der Waals surface area contributed by atoms with Gasteiger partial charge in [0.15, 0.2) is 0 Å². The third-order valence-electron chi connectivity index (χ3n) is 4.42. The van der Waals surface area contributed by atoms with Crippen LogP contribution in [-0.4, -0.2) is 45.7 Å². The quantitative estimate of drug-likeness (QED) is 0.792. The van der Waals surface area contributed by atoms with Crippen LogP contribution in [-0.2, 0) is 4.74 Å². The molecule has 3 aromatic rings. The van der Waals surface area contributed by atoms with Crippen LogP contribution in [0, 0.1) is 0 Å². The minimum atomic E-state index is -0.358. The number of H-pyrrole nitrogens is 1.